The van der Waals surface area contributed by atoms with Gasteiger partial charge in [-0.15, -0.1) is 16.4 Å². The molecule has 0 fully saturated rings. The number of hydrogen-bond donors (Lipinski definition) is 2. The number of nitrogens with one attached hydrogen (secondary N) is 2. The summed E-state index contributed by atoms with van der Waals surface area (Å²) in [5.74, 6) is 1.19. The fourth-order valence-electron chi connectivity index (χ4n) is 3.67. The van der Waals surface area contributed by atoms with Gasteiger partial charge in [0.25, 0.3) is 0 Å². The lowest BCUT2D eigenvalue weighted by Crippen LogP contribution is -2.27. The smallest absolute Gasteiger partial charge is 0.412 e. The second-order valence-corrected chi connectivity index (χ2v) is 10.2. The van der Waals surface area contributed by atoms with Gasteiger partial charge in [-0.2, -0.15) is 5.10 Å². The molecule has 182 valence electrons. The van der Waals surface area contributed by atoms with Crippen molar-refractivity contribution in [2.24, 2.45) is 0 Å². The summed E-state index contributed by atoms with van der Waals surface area (Å²) in [5, 5.41) is 15.2. The van der Waals surface area contributed by atoms with E-state index >= 15 is 0 Å². The van der Waals surface area contributed by atoms with E-state index in [0.29, 0.717) is 23.9 Å². The Morgan fingerprint density at radius 1 is 1.09 bits per heavy atom. The minimum absolute atomic E-state index is 0.411. The second-order valence-electron chi connectivity index (χ2n) is 9.07. The molecule has 4 rings (SSSR count). The van der Waals surface area contributed by atoms with Crippen LogP contribution in [0, 0.1) is 13.8 Å². The van der Waals surface area contributed by atoms with Gasteiger partial charge in [0.2, 0.25) is 5.95 Å². The number of amides is 1. The van der Waals surface area contributed by atoms with Crippen LogP contribution in [0.15, 0.2) is 36.5 Å². The topological polar surface area (TPSA) is 111 Å². The molecule has 0 aliphatic heterocycles. The molecule has 0 aliphatic carbocycles. The number of rotatable bonds is 6. The molecule has 2 aromatic carbocycles. The van der Waals surface area contributed by atoms with Gasteiger partial charge in [0.05, 0.1) is 35.8 Å². The Labute approximate surface area is 207 Å². The van der Waals surface area contributed by atoms with E-state index in [1.54, 1.807) is 24.6 Å². The zero-order valence-corrected chi connectivity index (χ0v) is 21.4. The van der Waals surface area contributed by atoms with Crippen LogP contribution in [0.4, 0.5) is 16.4 Å². The molecule has 0 aliphatic rings. The van der Waals surface area contributed by atoms with Gasteiger partial charge >= 0.3 is 6.09 Å². The van der Waals surface area contributed by atoms with Crippen molar-refractivity contribution in [3.05, 3.63) is 52.7 Å². The van der Waals surface area contributed by atoms with Gasteiger partial charge in [-0.3, -0.25) is 5.32 Å². The fraction of sp³-hybridized carbons (Fsp3) is 0.320. The molecule has 2 N–H and O–H groups in total. The van der Waals surface area contributed by atoms with Crippen LogP contribution in [0.2, 0.25) is 0 Å². The van der Waals surface area contributed by atoms with Crippen LogP contribution in [0.3, 0.4) is 0 Å². The number of methoxy groups -OCH3 is 1. The number of carbonyl (C=O) groups excluding carboxylic acids is 1. The van der Waals surface area contributed by atoms with Crippen molar-refractivity contribution >= 4 is 39.3 Å². The quantitative estimate of drug-likeness (QED) is 0.351. The molecular formula is C25H28N6O3S. The van der Waals surface area contributed by atoms with E-state index < -0.39 is 11.7 Å². The van der Waals surface area contributed by atoms with Crippen molar-refractivity contribution in [2.75, 3.05) is 17.7 Å². The third-order valence-electron chi connectivity index (χ3n) is 5.03. The van der Waals surface area contributed by atoms with E-state index in [4.69, 9.17) is 9.47 Å². The standard InChI is InChI=1S/C25H28N6O3S/c1-14-9-16(28-24(32)34-25(3,4)5)10-15(2)22(14)19-12-27-31-23(30-19)26-13-21-29-18-11-17(33-6)7-8-20(18)35-21/h7-12H,13H2,1-6H3,(H,28,32)(H,26,30,31). The first kappa shape index (κ1) is 24.3. The summed E-state index contributed by atoms with van der Waals surface area (Å²) in [6.07, 6.45) is 1.14. The summed E-state index contributed by atoms with van der Waals surface area (Å²) >= 11 is 1.60. The molecule has 1 amide bonds. The Morgan fingerprint density at radius 2 is 1.83 bits per heavy atom. The minimum Gasteiger partial charge on any atom is -0.497 e. The van der Waals surface area contributed by atoms with Crippen molar-refractivity contribution in [2.45, 2.75) is 46.8 Å². The first-order chi connectivity index (χ1) is 16.6. The number of nitrogens with zero attached hydrogens (tertiary/aromatic N) is 4. The van der Waals surface area contributed by atoms with Crippen molar-refractivity contribution < 1.29 is 14.3 Å². The van der Waals surface area contributed by atoms with Gasteiger partial charge in [-0.1, -0.05) is 0 Å². The summed E-state index contributed by atoms with van der Waals surface area (Å²) in [7, 11) is 1.64. The average Bonchev–Trinajstić information content (AvgIpc) is 3.18. The molecular weight excluding hydrogens is 464 g/mol. The zero-order valence-electron chi connectivity index (χ0n) is 20.6. The molecule has 2 aromatic heterocycles. The molecule has 0 bridgehead atoms. The SMILES string of the molecule is COc1ccc2sc(CNc3nncc(-c4c(C)cc(NC(=O)OC(C)(C)C)cc4C)n3)nc2c1. The summed E-state index contributed by atoms with van der Waals surface area (Å²) in [6.45, 7) is 9.89. The number of ether oxygens (including phenoxy) is 2. The van der Waals surface area contributed by atoms with Gasteiger partial charge < -0.3 is 14.8 Å². The van der Waals surface area contributed by atoms with Gasteiger partial charge in [0.15, 0.2) is 0 Å². The van der Waals surface area contributed by atoms with Crippen molar-refractivity contribution in [3.8, 4) is 17.0 Å². The molecule has 4 aromatic rings. The number of carbonyl (C=O) groups is 1. The summed E-state index contributed by atoms with van der Waals surface area (Å²) in [4.78, 5) is 21.5. The fourth-order valence-corrected chi connectivity index (χ4v) is 4.56. The Balaban J connectivity index is 1.49. The van der Waals surface area contributed by atoms with Crippen LogP contribution in [0.1, 0.15) is 36.9 Å². The van der Waals surface area contributed by atoms with Crippen LogP contribution in [0.5, 0.6) is 5.75 Å². The van der Waals surface area contributed by atoms with E-state index in [1.165, 1.54) is 0 Å². The number of aryl methyl sites for hydroxylation is 2. The lowest BCUT2D eigenvalue weighted by molar-refractivity contribution is 0.0636. The molecule has 0 radical (unpaired) electrons. The van der Waals surface area contributed by atoms with Gasteiger partial charge in [-0.25, -0.2) is 14.8 Å². The van der Waals surface area contributed by atoms with Crippen molar-refractivity contribution in [3.63, 3.8) is 0 Å². The molecule has 0 saturated carbocycles. The van der Waals surface area contributed by atoms with E-state index in [1.807, 2.05) is 65.0 Å². The number of thiazole rings is 1. The first-order valence-corrected chi connectivity index (χ1v) is 11.9. The molecule has 0 saturated heterocycles. The largest absolute Gasteiger partial charge is 0.497 e. The highest BCUT2D eigenvalue weighted by atomic mass is 32.1. The lowest BCUT2D eigenvalue weighted by Gasteiger charge is -2.20. The van der Waals surface area contributed by atoms with Gasteiger partial charge in [0, 0.05) is 17.3 Å². The molecule has 9 nitrogen and oxygen atoms in total. The van der Waals surface area contributed by atoms with Crippen LogP contribution >= 0.6 is 11.3 Å². The average molecular weight is 493 g/mol. The summed E-state index contributed by atoms with van der Waals surface area (Å²) in [6, 6.07) is 9.61. The van der Waals surface area contributed by atoms with Crippen molar-refractivity contribution in [1.82, 2.24) is 20.2 Å². The van der Waals surface area contributed by atoms with E-state index in [2.05, 4.69) is 30.8 Å². The second kappa shape index (κ2) is 9.83. The monoisotopic (exact) mass is 492 g/mol. The maximum absolute atomic E-state index is 12.1. The predicted octanol–water partition coefficient (Wildman–Crippen LogP) is 5.73. The van der Waals surface area contributed by atoms with Gasteiger partial charge in [-0.05, 0) is 70.0 Å². The number of hydrogen-bond acceptors (Lipinski definition) is 9. The summed E-state index contributed by atoms with van der Waals surface area (Å²) in [5.41, 5.74) is 4.50. The molecule has 2 heterocycles. The van der Waals surface area contributed by atoms with Crippen LogP contribution in [-0.2, 0) is 11.3 Å². The van der Waals surface area contributed by atoms with Gasteiger partial charge in [0.1, 0.15) is 16.4 Å². The minimum atomic E-state index is -0.567. The van der Waals surface area contributed by atoms with E-state index in [9.17, 15) is 4.79 Å². The Morgan fingerprint density at radius 3 is 2.51 bits per heavy atom. The van der Waals surface area contributed by atoms with Crippen LogP contribution in [0.25, 0.3) is 21.5 Å². The van der Waals surface area contributed by atoms with Crippen LogP contribution < -0.4 is 15.4 Å². The molecule has 0 unspecified atom stereocenters. The Bertz CT molecular complexity index is 1360. The Hall–Kier alpha value is -3.79. The van der Waals surface area contributed by atoms with E-state index in [0.717, 1.165) is 37.7 Å². The Kier molecular flexibility index (Phi) is 6.83. The molecule has 0 atom stereocenters. The predicted molar refractivity (Wildman–Crippen MR) is 138 cm³/mol. The summed E-state index contributed by atoms with van der Waals surface area (Å²) < 4.78 is 11.7. The van der Waals surface area contributed by atoms with E-state index in [-0.39, 0.29) is 0 Å². The number of benzene rings is 2. The maximum atomic E-state index is 12.1. The molecule has 10 heteroatoms. The highest BCUT2D eigenvalue weighted by Gasteiger charge is 2.17. The number of anilines is 2. The maximum Gasteiger partial charge on any atom is 0.412 e. The number of fused-ring (bicyclic) bond motifs is 1. The first-order valence-electron chi connectivity index (χ1n) is 11.1. The molecule has 0 spiro atoms. The normalized spacial score (nSPS) is 11.4. The van der Waals surface area contributed by atoms with Crippen molar-refractivity contribution in [1.29, 1.82) is 0 Å². The third kappa shape index (κ3) is 6.02. The third-order valence-corrected chi connectivity index (χ3v) is 6.07. The zero-order chi connectivity index (χ0) is 25.2. The lowest BCUT2D eigenvalue weighted by atomic mass is 9.99. The highest BCUT2D eigenvalue weighted by molar-refractivity contribution is 7.18. The number of aromatic nitrogens is 4. The van der Waals surface area contributed by atoms with Crippen LogP contribution in [-0.4, -0.2) is 39.0 Å². The highest BCUT2D eigenvalue weighted by Crippen LogP contribution is 2.30. The molecule has 35 heavy (non-hydrogen) atoms.